The zero-order valence-electron chi connectivity index (χ0n) is 10.6. The van der Waals surface area contributed by atoms with Crippen LogP contribution in [-0.2, 0) is 4.79 Å². The summed E-state index contributed by atoms with van der Waals surface area (Å²) in [5.74, 6) is 0.436. The number of carbonyl (C=O) groups excluding carboxylic acids is 1. The Morgan fingerprint density at radius 2 is 2.31 bits per heavy atom. The molecule has 16 heavy (non-hydrogen) atoms. The van der Waals surface area contributed by atoms with Crippen LogP contribution in [-0.4, -0.2) is 48.2 Å². The third kappa shape index (κ3) is 3.46. The molecule has 0 saturated carbocycles. The molecule has 94 valence electrons. The molecular weight excluding hydrogens is 204 g/mol. The predicted octanol–water partition coefficient (Wildman–Crippen LogP) is 0.461. The Hall–Kier alpha value is -0.610. The molecule has 0 aliphatic carbocycles. The van der Waals surface area contributed by atoms with Crippen molar-refractivity contribution in [3.8, 4) is 0 Å². The van der Waals surface area contributed by atoms with Crippen LogP contribution in [0.2, 0.25) is 0 Å². The summed E-state index contributed by atoms with van der Waals surface area (Å²) in [6, 6.07) is 0. The molecule has 1 saturated heterocycles. The molecule has 3 unspecified atom stereocenters. The van der Waals surface area contributed by atoms with E-state index in [4.69, 9.17) is 0 Å². The van der Waals surface area contributed by atoms with E-state index >= 15 is 0 Å². The van der Waals surface area contributed by atoms with Crippen molar-refractivity contribution in [2.24, 2.45) is 11.8 Å². The molecule has 1 heterocycles. The fourth-order valence-electron chi connectivity index (χ4n) is 2.09. The molecule has 2 N–H and O–H groups in total. The minimum absolute atomic E-state index is 0.0300. The van der Waals surface area contributed by atoms with Gasteiger partial charge in [-0.3, -0.25) is 4.79 Å². The van der Waals surface area contributed by atoms with E-state index in [1.807, 2.05) is 25.7 Å². The van der Waals surface area contributed by atoms with Gasteiger partial charge in [0.1, 0.15) is 0 Å². The van der Waals surface area contributed by atoms with Crippen LogP contribution in [0.3, 0.4) is 0 Å². The van der Waals surface area contributed by atoms with Crippen LogP contribution < -0.4 is 5.32 Å². The normalized spacial score (nSPS) is 27.9. The lowest BCUT2D eigenvalue weighted by Gasteiger charge is -2.35. The maximum absolute atomic E-state index is 12.1. The summed E-state index contributed by atoms with van der Waals surface area (Å²) in [5.41, 5.74) is 0. The number of piperidine rings is 1. The Kier molecular flexibility index (Phi) is 5.22. The molecule has 1 aliphatic heterocycles. The lowest BCUT2D eigenvalue weighted by Crippen LogP contribution is -2.48. The molecule has 1 aliphatic rings. The van der Waals surface area contributed by atoms with Crippen LogP contribution >= 0.6 is 0 Å². The zero-order valence-corrected chi connectivity index (χ0v) is 10.6. The van der Waals surface area contributed by atoms with Crippen molar-refractivity contribution in [3.05, 3.63) is 0 Å². The van der Waals surface area contributed by atoms with Gasteiger partial charge >= 0.3 is 0 Å². The van der Waals surface area contributed by atoms with Gasteiger partial charge in [0, 0.05) is 25.6 Å². The van der Waals surface area contributed by atoms with Gasteiger partial charge in [0.05, 0.1) is 6.10 Å². The molecule has 4 heteroatoms. The first-order valence-corrected chi connectivity index (χ1v) is 6.23. The molecular formula is C12H24N2O2. The second-order valence-corrected chi connectivity index (χ2v) is 4.83. The van der Waals surface area contributed by atoms with Crippen LogP contribution in [0.4, 0.5) is 0 Å². The minimum atomic E-state index is -0.242. The van der Waals surface area contributed by atoms with E-state index in [1.54, 1.807) is 0 Å². The largest absolute Gasteiger partial charge is 0.393 e. The molecule has 0 radical (unpaired) electrons. The summed E-state index contributed by atoms with van der Waals surface area (Å²) >= 11 is 0. The smallest absolute Gasteiger partial charge is 0.226 e. The number of aliphatic hydroxyl groups is 1. The summed E-state index contributed by atoms with van der Waals surface area (Å²) in [6.07, 6.45) is 0.467. The van der Waals surface area contributed by atoms with Gasteiger partial charge in [0.2, 0.25) is 5.91 Å². The molecule has 0 aromatic carbocycles. The summed E-state index contributed by atoms with van der Waals surface area (Å²) in [5, 5.41) is 12.8. The van der Waals surface area contributed by atoms with Gasteiger partial charge in [0.25, 0.3) is 0 Å². The number of amides is 1. The molecule has 0 spiro atoms. The number of hydrogen-bond acceptors (Lipinski definition) is 3. The average molecular weight is 228 g/mol. The highest BCUT2D eigenvalue weighted by Crippen LogP contribution is 2.18. The summed E-state index contributed by atoms with van der Waals surface area (Å²) in [4.78, 5) is 13.9. The fourth-order valence-corrected chi connectivity index (χ4v) is 2.09. The molecule has 1 fully saturated rings. The van der Waals surface area contributed by atoms with Crippen molar-refractivity contribution in [3.63, 3.8) is 0 Å². The van der Waals surface area contributed by atoms with Gasteiger partial charge in [-0.15, -0.1) is 0 Å². The van der Waals surface area contributed by atoms with Crippen molar-refractivity contribution in [2.45, 2.75) is 33.3 Å². The average Bonchev–Trinajstić information content (AvgIpc) is 2.28. The Morgan fingerprint density at radius 1 is 1.62 bits per heavy atom. The second kappa shape index (κ2) is 6.21. The Bertz CT molecular complexity index is 233. The maximum atomic E-state index is 12.1. The quantitative estimate of drug-likeness (QED) is 0.735. The second-order valence-electron chi connectivity index (χ2n) is 4.83. The van der Waals surface area contributed by atoms with Crippen LogP contribution in [0.15, 0.2) is 0 Å². The topological polar surface area (TPSA) is 52.6 Å². The van der Waals surface area contributed by atoms with Crippen molar-refractivity contribution >= 4 is 5.91 Å². The van der Waals surface area contributed by atoms with E-state index < -0.39 is 0 Å². The van der Waals surface area contributed by atoms with Gasteiger partial charge in [-0.1, -0.05) is 20.8 Å². The van der Waals surface area contributed by atoms with Crippen LogP contribution in [0, 0.1) is 11.8 Å². The summed E-state index contributed by atoms with van der Waals surface area (Å²) in [7, 11) is 0. The van der Waals surface area contributed by atoms with Crippen molar-refractivity contribution < 1.29 is 9.90 Å². The third-order valence-corrected chi connectivity index (χ3v) is 3.29. The standard InChI is InChI=1S/C12H24N2O2/c1-4-13-7-9(2)12(16)14-6-5-11(15)10(3)8-14/h9-11,13,15H,4-8H2,1-3H3. The van der Waals surface area contributed by atoms with Gasteiger partial charge in [-0.05, 0) is 18.9 Å². The molecule has 1 amide bonds. The zero-order chi connectivity index (χ0) is 12.1. The van der Waals surface area contributed by atoms with Crippen molar-refractivity contribution in [2.75, 3.05) is 26.2 Å². The minimum Gasteiger partial charge on any atom is -0.393 e. The van der Waals surface area contributed by atoms with E-state index in [0.717, 1.165) is 13.1 Å². The summed E-state index contributed by atoms with van der Waals surface area (Å²) in [6.45, 7) is 9.02. The Labute approximate surface area is 98.0 Å². The Balaban J connectivity index is 2.42. The Morgan fingerprint density at radius 3 is 2.88 bits per heavy atom. The van der Waals surface area contributed by atoms with Crippen molar-refractivity contribution in [1.82, 2.24) is 10.2 Å². The maximum Gasteiger partial charge on any atom is 0.226 e. The first-order valence-electron chi connectivity index (χ1n) is 6.23. The number of aliphatic hydroxyl groups excluding tert-OH is 1. The van der Waals surface area contributed by atoms with E-state index in [0.29, 0.717) is 19.5 Å². The number of rotatable bonds is 4. The number of carbonyl (C=O) groups is 1. The molecule has 0 aromatic heterocycles. The van der Waals surface area contributed by atoms with Crippen LogP contribution in [0.1, 0.15) is 27.2 Å². The van der Waals surface area contributed by atoms with Crippen LogP contribution in [0.25, 0.3) is 0 Å². The molecule has 3 atom stereocenters. The fraction of sp³-hybridized carbons (Fsp3) is 0.917. The number of likely N-dealkylation sites (tertiary alicyclic amines) is 1. The number of nitrogens with zero attached hydrogens (tertiary/aromatic N) is 1. The lowest BCUT2D eigenvalue weighted by atomic mass is 9.95. The van der Waals surface area contributed by atoms with E-state index in [9.17, 15) is 9.90 Å². The summed E-state index contributed by atoms with van der Waals surface area (Å²) < 4.78 is 0. The highest BCUT2D eigenvalue weighted by Gasteiger charge is 2.29. The first kappa shape index (κ1) is 13.5. The van der Waals surface area contributed by atoms with Gasteiger partial charge < -0.3 is 15.3 Å². The third-order valence-electron chi connectivity index (χ3n) is 3.29. The van der Waals surface area contributed by atoms with E-state index in [2.05, 4.69) is 5.32 Å². The monoisotopic (exact) mass is 228 g/mol. The lowest BCUT2D eigenvalue weighted by molar-refractivity contribution is -0.138. The highest BCUT2D eigenvalue weighted by molar-refractivity contribution is 5.78. The molecule has 4 nitrogen and oxygen atoms in total. The predicted molar refractivity (Wildman–Crippen MR) is 64.1 cm³/mol. The first-order chi connectivity index (χ1) is 7.56. The molecule has 0 aromatic rings. The number of hydrogen-bond donors (Lipinski definition) is 2. The molecule has 0 bridgehead atoms. The van der Waals surface area contributed by atoms with Crippen molar-refractivity contribution in [1.29, 1.82) is 0 Å². The highest BCUT2D eigenvalue weighted by atomic mass is 16.3. The van der Waals surface area contributed by atoms with E-state index in [1.165, 1.54) is 0 Å². The van der Waals surface area contributed by atoms with Gasteiger partial charge in [-0.25, -0.2) is 0 Å². The molecule has 1 rings (SSSR count). The SMILES string of the molecule is CCNCC(C)C(=O)N1CCC(O)C(C)C1. The van der Waals surface area contributed by atoms with Gasteiger partial charge in [0.15, 0.2) is 0 Å². The van der Waals surface area contributed by atoms with E-state index in [-0.39, 0.29) is 23.8 Å². The van der Waals surface area contributed by atoms with Gasteiger partial charge in [-0.2, -0.15) is 0 Å². The number of nitrogens with one attached hydrogen (secondary N) is 1. The van der Waals surface area contributed by atoms with Crippen LogP contribution in [0.5, 0.6) is 0 Å².